The highest BCUT2D eigenvalue weighted by molar-refractivity contribution is 5.12. The number of H-pyrrole nitrogens is 1. The van der Waals surface area contributed by atoms with Crippen LogP contribution in [0.1, 0.15) is 44.9 Å². The van der Waals surface area contributed by atoms with Crippen LogP contribution >= 0.6 is 0 Å². The fourth-order valence-electron chi connectivity index (χ4n) is 1.46. The molecule has 1 aromatic rings. The van der Waals surface area contributed by atoms with Crippen molar-refractivity contribution in [3.05, 3.63) is 16.3 Å². The maximum atomic E-state index is 11.0. The number of hydrogen-bond acceptors (Lipinski definition) is 4. The van der Waals surface area contributed by atoms with Crippen LogP contribution in [0.3, 0.4) is 0 Å². The SMILES string of the molecule is CCCCCCCc1nc(N)nc(=O)[nH]1. The number of nitrogens with zero attached hydrogens (tertiary/aromatic N) is 2. The molecule has 1 rings (SSSR count). The fourth-order valence-corrected chi connectivity index (χ4v) is 1.46. The van der Waals surface area contributed by atoms with E-state index in [1.807, 2.05) is 0 Å². The van der Waals surface area contributed by atoms with Crippen LogP contribution in [-0.2, 0) is 6.42 Å². The fraction of sp³-hybridized carbons (Fsp3) is 0.700. The molecule has 0 atom stereocenters. The van der Waals surface area contributed by atoms with Gasteiger partial charge in [-0.2, -0.15) is 9.97 Å². The first-order valence-corrected chi connectivity index (χ1v) is 5.45. The molecule has 5 heteroatoms. The van der Waals surface area contributed by atoms with Crippen LogP contribution in [0.4, 0.5) is 5.95 Å². The van der Waals surface area contributed by atoms with Crippen molar-refractivity contribution in [3.63, 3.8) is 0 Å². The van der Waals surface area contributed by atoms with Gasteiger partial charge in [-0.25, -0.2) is 4.79 Å². The van der Waals surface area contributed by atoms with Crippen LogP contribution in [0.5, 0.6) is 0 Å². The highest BCUT2D eigenvalue weighted by Crippen LogP contribution is 2.05. The zero-order chi connectivity index (χ0) is 11.1. The predicted octanol–water partition coefficient (Wildman–Crippen LogP) is 1.26. The topological polar surface area (TPSA) is 84.7 Å². The summed E-state index contributed by atoms with van der Waals surface area (Å²) in [7, 11) is 0. The van der Waals surface area contributed by atoms with E-state index in [0.29, 0.717) is 5.82 Å². The molecule has 1 aromatic heterocycles. The first-order chi connectivity index (χ1) is 7.22. The van der Waals surface area contributed by atoms with Gasteiger partial charge in [-0.1, -0.05) is 32.6 Å². The van der Waals surface area contributed by atoms with Gasteiger partial charge in [0.25, 0.3) is 0 Å². The van der Waals surface area contributed by atoms with Crippen LogP contribution in [-0.4, -0.2) is 15.0 Å². The van der Waals surface area contributed by atoms with Gasteiger partial charge >= 0.3 is 5.69 Å². The predicted molar refractivity (Wildman–Crippen MR) is 59.5 cm³/mol. The molecular formula is C10H18N4O. The molecule has 0 radical (unpaired) electrons. The third-order valence-electron chi connectivity index (χ3n) is 2.23. The third kappa shape index (κ3) is 4.58. The summed E-state index contributed by atoms with van der Waals surface area (Å²) in [6.07, 6.45) is 6.71. The van der Waals surface area contributed by atoms with E-state index in [0.717, 1.165) is 12.8 Å². The smallest absolute Gasteiger partial charge is 0.349 e. The van der Waals surface area contributed by atoms with Gasteiger partial charge in [0.2, 0.25) is 5.95 Å². The third-order valence-corrected chi connectivity index (χ3v) is 2.23. The molecule has 0 aliphatic carbocycles. The Morgan fingerprint density at radius 1 is 1.20 bits per heavy atom. The van der Waals surface area contributed by atoms with Gasteiger partial charge in [-0.3, -0.25) is 4.98 Å². The first kappa shape index (κ1) is 11.7. The molecule has 0 bridgehead atoms. The van der Waals surface area contributed by atoms with Crippen LogP contribution in [0.25, 0.3) is 0 Å². The average Bonchev–Trinajstić information content (AvgIpc) is 2.16. The van der Waals surface area contributed by atoms with E-state index in [-0.39, 0.29) is 5.95 Å². The standard InChI is InChI=1S/C10H18N4O/c1-2-3-4-5-6-7-8-12-9(11)14-10(15)13-8/h2-7H2,1H3,(H3,11,12,13,14,15). The average molecular weight is 210 g/mol. The van der Waals surface area contributed by atoms with Gasteiger partial charge in [-0.15, -0.1) is 0 Å². The van der Waals surface area contributed by atoms with Crippen molar-refractivity contribution in [3.8, 4) is 0 Å². The molecule has 0 unspecified atom stereocenters. The summed E-state index contributed by atoms with van der Waals surface area (Å²) >= 11 is 0. The number of nitrogens with two attached hydrogens (primary N) is 1. The van der Waals surface area contributed by atoms with E-state index in [1.165, 1.54) is 25.7 Å². The van der Waals surface area contributed by atoms with Gasteiger partial charge in [-0.05, 0) is 6.42 Å². The van der Waals surface area contributed by atoms with E-state index in [2.05, 4.69) is 21.9 Å². The van der Waals surface area contributed by atoms with Crippen LogP contribution in [0.2, 0.25) is 0 Å². The van der Waals surface area contributed by atoms with Crippen LogP contribution in [0.15, 0.2) is 4.79 Å². The Labute approximate surface area is 89.1 Å². The van der Waals surface area contributed by atoms with E-state index >= 15 is 0 Å². The molecule has 0 aromatic carbocycles. The number of nitrogen functional groups attached to an aromatic ring is 1. The molecule has 0 spiro atoms. The zero-order valence-electron chi connectivity index (χ0n) is 9.12. The van der Waals surface area contributed by atoms with Crippen LogP contribution < -0.4 is 11.4 Å². The van der Waals surface area contributed by atoms with E-state index < -0.39 is 5.69 Å². The number of aromatic nitrogens is 3. The van der Waals surface area contributed by atoms with Gasteiger partial charge in [0.05, 0.1) is 0 Å². The molecular weight excluding hydrogens is 192 g/mol. The monoisotopic (exact) mass is 210 g/mol. The normalized spacial score (nSPS) is 10.5. The molecule has 0 amide bonds. The Balaban J connectivity index is 2.34. The molecule has 1 heterocycles. The molecule has 5 nitrogen and oxygen atoms in total. The lowest BCUT2D eigenvalue weighted by molar-refractivity contribution is 0.620. The summed E-state index contributed by atoms with van der Waals surface area (Å²) in [5.41, 5.74) is 4.96. The van der Waals surface area contributed by atoms with Crippen molar-refractivity contribution in [2.45, 2.75) is 45.4 Å². The Hall–Kier alpha value is -1.39. The number of rotatable bonds is 6. The minimum atomic E-state index is -0.411. The molecule has 0 aliphatic rings. The summed E-state index contributed by atoms with van der Waals surface area (Å²) in [4.78, 5) is 21.0. The maximum absolute atomic E-state index is 11.0. The van der Waals surface area contributed by atoms with Gasteiger partial charge in [0, 0.05) is 6.42 Å². The lowest BCUT2D eigenvalue weighted by Crippen LogP contribution is -2.17. The number of aromatic amines is 1. The Morgan fingerprint density at radius 3 is 2.60 bits per heavy atom. The molecule has 84 valence electrons. The minimum Gasteiger partial charge on any atom is -0.368 e. The minimum absolute atomic E-state index is 0.0577. The van der Waals surface area contributed by atoms with Crippen molar-refractivity contribution >= 4 is 5.95 Å². The molecule has 0 saturated carbocycles. The Kier molecular flexibility index (Phi) is 4.80. The second-order valence-electron chi connectivity index (χ2n) is 3.62. The molecule has 0 fully saturated rings. The largest absolute Gasteiger partial charge is 0.368 e. The van der Waals surface area contributed by atoms with Crippen molar-refractivity contribution in [2.75, 3.05) is 5.73 Å². The highest BCUT2D eigenvalue weighted by Gasteiger charge is 1.99. The van der Waals surface area contributed by atoms with E-state index in [1.54, 1.807) is 0 Å². The summed E-state index contributed by atoms with van der Waals surface area (Å²) < 4.78 is 0. The number of hydrogen-bond donors (Lipinski definition) is 2. The van der Waals surface area contributed by atoms with E-state index in [9.17, 15) is 4.79 Å². The quantitative estimate of drug-likeness (QED) is 0.692. The van der Waals surface area contributed by atoms with Crippen molar-refractivity contribution < 1.29 is 0 Å². The highest BCUT2D eigenvalue weighted by atomic mass is 16.1. The van der Waals surface area contributed by atoms with Crippen molar-refractivity contribution in [1.29, 1.82) is 0 Å². The number of anilines is 1. The van der Waals surface area contributed by atoms with Crippen molar-refractivity contribution in [1.82, 2.24) is 15.0 Å². The Morgan fingerprint density at radius 2 is 1.93 bits per heavy atom. The van der Waals surface area contributed by atoms with Gasteiger partial charge in [0.1, 0.15) is 5.82 Å². The maximum Gasteiger partial charge on any atom is 0.349 e. The lowest BCUT2D eigenvalue weighted by Gasteiger charge is -2.00. The zero-order valence-corrected chi connectivity index (χ0v) is 9.12. The number of aryl methyl sites for hydroxylation is 1. The van der Waals surface area contributed by atoms with E-state index in [4.69, 9.17) is 5.73 Å². The molecule has 0 aliphatic heterocycles. The van der Waals surface area contributed by atoms with Gasteiger partial charge < -0.3 is 5.73 Å². The molecule has 0 saturated heterocycles. The lowest BCUT2D eigenvalue weighted by atomic mass is 10.1. The number of nitrogens with one attached hydrogen (secondary N) is 1. The summed E-state index contributed by atoms with van der Waals surface area (Å²) in [5, 5.41) is 0. The second-order valence-corrected chi connectivity index (χ2v) is 3.62. The Bertz CT molecular complexity index is 348. The summed E-state index contributed by atoms with van der Waals surface area (Å²) in [6.45, 7) is 2.18. The summed E-state index contributed by atoms with van der Waals surface area (Å²) in [6, 6.07) is 0. The number of unbranched alkanes of at least 4 members (excludes halogenated alkanes) is 4. The van der Waals surface area contributed by atoms with Gasteiger partial charge in [0.15, 0.2) is 0 Å². The van der Waals surface area contributed by atoms with Crippen molar-refractivity contribution in [2.24, 2.45) is 0 Å². The summed E-state index contributed by atoms with van der Waals surface area (Å²) in [5.74, 6) is 0.700. The molecule has 3 N–H and O–H groups in total. The van der Waals surface area contributed by atoms with Crippen LogP contribution in [0, 0.1) is 0 Å². The first-order valence-electron chi connectivity index (χ1n) is 5.45. The second kappa shape index (κ2) is 6.16. The molecule has 15 heavy (non-hydrogen) atoms.